The number of likely N-dealkylation sites (tertiary alicyclic amines) is 1. The number of aromatic amines is 1. The molecule has 1 N–H and O–H groups in total. The number of fused-ring (bicyclic) bond motifs is 3. The first kappa shape index (κ1) is 27.7. The Kier molecular flexibility index (Phi) is 7.23. The third-order valence-electron chi connectivity index (χ3n) is 7.93. The highest BCUT2D eigenvalue weighted by molar-refractivity contribution is 9.10. The zero-order valence-electron chi connectivity index (χ0n) is 23.3. The molecule has 6 rings (SSSR count). The highest BCUT2D eigenvalue weighted by atomic mass is 79.9. The lowest BCUT2D eigenvalue weighted by atomic mass is 9.84. The van der Waals surface area contributed by atoms with E-state index in [0.29, 0.717) is 35.3 Å². The quantitative estimate of drug-likeness (QED) is 0.275. The Bertz CT molecular complexity index is 1630. The van der Waals surface area contributed by atoms with Gasteiger partial charge in [0.1, 0.15) is 11.6 Å². The maximum Gasteiger partial charge on any atom is 0.254 e. The van der Waals surface area contributed by atoms with E-state index in [1.807, 2.05) is 58.8 Å². The molecule has 11 heteroatoms. The number of halogens is 2. The second-order valence-corrected chi connectivity index (χ2v) is 12.6. The van der Waals surface area contributed by atoms with Crippen molar-refractivity contribution < 1.29 is 9.59 Å². The first-order chi connectivity index (χ1) is 19.6. The highest BCUT2D eigenvalue weighted by Crippen LogP contribution is 2.45. The third kappa shape index (κ3) is 4.97. The van der Waals surface area contributed by atoms with Crippen LogP contribution in [0.15, 0.2) is 53.1 Å². The number of rotatable bonds is 5. The number of H-pyrrole nitrogens is 1. The van der Waals surface area contributed by atoms with Gasteiger partial charge < -0.3 is 9.88 Å². The molecular formula is C30H31BrClN7O2. The van der Waals surface area contributed by atoms with Gasteiger partial charge in [-0.1, -0.05) is 25.4 Å². The molecule has 0 radical (unpaired) electrons. The van der Waals surface area contributed by atoms with Gasteiger partial charge in [0.25, 0.3) is 5.91 Å². The molecule has 212 valence electrons. The second kappa shape index (κ2) is 10.7. The van der Waals surface area contributed by atoms with Crippen LogP contribution in [0.2, 0.25) is 5.02 Å². The molecule has 2 amide bonds. The highest BCUT2D eigenvalue weighted by Gasteiger charge is 2.48. The molecule has 2 aliphatic heterocycles. The fourth-order valence-corrected chi connectivity index (χ4v) is 6.41. The first-order valence-corrected chi connectivity index (χ1v) is 15.0. The van der Waals surface area contributed by atoms with Gasteiger partial charge >= 0.3 is 0 Å². The molecule has 0 spiro atoms. The fourth-order valence-electron chi connectivity index (χ4n) is 5.98. The Morgan fingerprint density at radius 2 is 1.93 bits per heavy atom. The van der Waals surface area contributed by atoms with Crippen LogP contribution in [0.3, 0.4) is 0 Å². The van der Waals surface area contributed by atoms with Crippen molar-refractivity contribution in [3.05, 3.63) is 75.1 Å². The maximum atomic E-state index is 14.3. The number of nitrogens with one attached hydrogen (secondary N) is 1. The van der Waals surface area contributed by atoms with Gasteiger partial charge in [0.15, 0.2) is 5.82 Å². The molecule has 2 aromatic carbocycles. The van der Waals surface area contributed by atoms with Gasteiger partial charge in [-0.15, -0.1) is 10.2 Å². The van der Waals surface area contributed by atoms with Crippen molar-refractivity contribution in [1.82, 2.24) is 29.9 Å². The molecule has 1 fully saturated rings. The minimum Gasteiger partial charge on any atom is -0.334 e. The van der Waals surface area contributed by atoms with Gasteiger partial charge in [-0.2, -0.15) is 5.10 Å². The summed E-state index contributed by atoms with van der Waals surface area (Å²) in [6, 6.07) is 12.6. The topological polar surface area (TPSA) is 100 Å². The van der Waals surface area contributed by atoms with Crippen LogP contribution in [0.5, 0.6) is 0 Å². The second-order valence-electron chi connectivity index (χ2n) is 11.4. The van der Waals surface area contributed by atoms with Crippen LogP contribution in [0.1, 0.15) is 55.0 Å². The minimum absolute atomic E-state index is 0.0295. The summed E-state index contributed by atoms with van der Waals surface area (Å²) in [6.07, 6.45) is 3.19. The number of aromatic nitrogens is 5. The molecule has 1 saturated heterocycles. The largest absolute Gasteiger partial charge is 0.334 e. The van der Waals surface area contributed by atoms with Crippen LogP contribution in [-0.2, 0) is 11.2 Å². The normalized spacial score (nSPS) is 20.4. The fraction of sp³-hybridized carbons (Fsp3) is 0.367. The van der Waals surface area contributed by atoms with Crippen LogP contribution in [0.4, 0.5) is 11.5 Å². The van der Waals surface area contributed by atoms with E-state index in [-0.39, 0.29) is 29.8 Å². The number of nitrogens with zero attached hydrogens (tertiary/aromatic N) is 6. The molecule has 4 heterocycles. The zero-order chi connectivity index (χ0) is 29.0. The van der Waals surface area contributed by atoms with Gasteiger partial charge in [-0.25, -0.2) is 4.68 Å². The van der Waals surface area contributed by atoms with Gasteiger partial charge in [-0.3, -0.25) is 14.5 Å². The number of aryl methyl sites for hydroxylation is 1. The number of piperidine rings is 1. The molecule has 9 nitrogen and oxygen atoms in total. The Morgan fingerprint density at radius 1 is 1.17 bits per heavy atom. The third-order valence-corrected chi connectivity index (χ3v) is 9.17. The van der Waals surface area contributed by atoms with E-state index in [2.05, 4.69) is 45.0 Å². The van der Waals surface area contributed by atoms with Gasteiger partial charge in [-0.05, 0) is 91.0 Å². The summed E-state index contributed by atoms with van der Waals surface area (Å²) in [5.41, 5.74) is 3.20. The molecule has 41 heavy (non-hydrogen) atoms. The van der Waals surface area contributed by atoms with Gasteiger partial charge in [0.05, 0.1) is 28.9 Å². The summed E-state index contributed by atoms with van der Waals surface area (Å²) < 4.78 is 2.71. The van der Waals surface area contributed by atoms with Crippen molar-refractivity contribution in [1.29, 1.82) is 0 Å². The monoisotopic (exact) mass is 635 g/mol. The van der Waals surface area contributed by atoms with E-state index >= 15 is 0 Å². The molecule has 0 bridgehead atoms. The Labute approximate surface area is 252 Å². The number of amides is 2. The van der Waals surface area contributed by atoms with Gasteiger partial charge in [0, 0.05) is 33.7 Å². The van der Waals surface area contributed by atoms with E-state index in [9.17, 15) is 9.59 Å². The number of anilines is 2. The van der Waals surface area contributed by atoms with Crippen molar-refractivity contribution in [2.45, 2.75) is 52.6 Å². The number of hydrogen-bond donors (Lipinski definition) is 1. The average molecular weight is 637 g/mol. The summed E-state index contributed by atoms with van der Waals surface area (Å²) in [6.45, 7) is 8.56. The number of hydrogen-bond acceptors (Lipinski definition) is 5. The minimum atomic E-state index is -0.321. The number of benzene rings is 2. The van der Waals surface area contributed by atoms with E-state index < -0.39 is 0 Å². The van der Waals surface area contributed by atoms with Gasteiger partial charge in [0.2, 0.25) is 5.91 Å². The zero-order valence-corrected chi connectivity index (χ0v) is 25.6. The van der Waals surface area contributed by atoms with E-state index in [1.165, 1.54) is 0 Å². The lowest BCUT2D eigenvalue weighted by Crippen LogP contribution is -2.56. The SMILES string of the molecule is Cc1nnc(-c2ccc(N3C(=O)C4C[C@H](C)N(C(=O)c5ccc(Br)c(Cl)c5)CC4n4ncc(CC(C)C)c43)cc2)[nH]1. The smallest absolute Gasteiger partial charge is 0.254 e. The number of carbonyl (C=O) groups is 2. The van der Waals surface area contributed by atoms with Crippen LogP contribution < -0.4 is 4.90 Å². The average Bonchev–Trinajstić information content (AvgIpc) is 3.56. The van der Waals surface area contributed by atoms with Crippen molar-refractivity contribution in [2.75, 3.05) is 11.4 Å². The first-order valence-electron chi connectivity index (χ1n) is 13.8. The summed E-state index contributed by atoms with van der Waals surface area (Å²) >= 11 is 9.70. The van der Waals surface area contributed by atoms with Crippen LogP contribution in [0, 0.1) is 18.8 Å². The summed E-state index contributed by atoms with van der Waals surface area (Å²) in [5, 5.41) is 13.6. The summed E-state index contributed by atoms with van der Waals surface area (Å²) in [4.78, 5) is 34.8. The number of carbonyl (C=O) groups excluding carboxylic acids is 2. The van der Waals surface area contributed by atoms with E-state index in [0.717, 1.165) is 39.4 Å². The maximum absolute atomic E-state index is 14.3. The Balaban J connectivity index is 1.38. The van der Waals surface area contributed by atoms with Crippen molar-refractivity contribution in [3.63, 3.8) is 0 Å². The molecule has 2 aromatic heterocycles. The Morgan fingerprint density at radius 3 is 2.59 bits per heavy atom. The summed E-state index contributed by atoms with van der Waals surface area (Å²) in [7, 11) is 0. The molecule has 0 saturated carbocycles. The van der Waals surface area contributed by atoms with Crippen LogP contribution in [0.25, 0.3) is 11.4 Å². The molecule has 2 unspecified atom stereocenters. The van der Waals surface area contributed by atoms with Crippen molar-refractivity contribution >= 4 is 50.9 Å². The summed E-state index contributed by atoms with van der Waals surface area (Å²) in [5.74, 6) is 2.19. The molecular weight excluding hydrogens is 606 g/mol. The standard InChI is InChI=1S/C30H31BrClN7O2/c1-16(2)11-21-14-33-39-26-15-37(29(40)20-7-10-24(31)25(32)13-20)17(3)12-23(26)30(41)38(28(21)39)22-8-5-19(6-9-22)27-34-18(4)35-36-27/h5-10,13-14,16-17,23,26H,11-12,15H2,1-4H3,(H,34,35,36)/t17-,23?,26?/m0/s1. The lowest BCUT2D eigenvalue weighted by Gasteiger charge is -2.47. The molecule has 4 aromatic rings. The van der Waals surface area contributed by atoms with Crippen molar-refractivity contribution in [3.8, 4) is 11.4 Å². The predicted molar refractivity (Wildman–Crippen MR) is 161 cm³/mol. The van der Waals surface area contributed by atoms with Crippen molar-refractivity contribution in [2.24, 2.45) is 11.8 Å². The Hall–Kier alpha value is -3.50. The molecule has 3 atom stereocenters. The lowest BCUT2D eigenvalue weighted by molar-refractivity contribution is -0.126. The predicted octanol–water partition coefficient (Wildman–Crippen LogP) is 6.36. The van der Waals surface area contributed by atoms with Crippen LogP contribution >= 0.6 is 27.5 Å². The van der Waals surface area contributed by atoms with E-state index in [4.69, 9.17) is 16.7 Å². The van der Waals surface area contributed by atoms with E-state index in [1.54, 1.807) is 18.2 Å². The molecule has 2 aliphatic rings. The van der Waals surface area contributed by atoms with Crippen LogP contribution in [-0.4, -0.2) is 54.3 Å². The molecule has 0 aliphatic carbocycles.